The van der Waals surface area contributed by atoms with E-state index < -0.39 is 22.9 Å². The molecule has 0 aliphatic heterocycles. The molecular weight excluding hydrogens is 313 g/mol. The first kappa shape index (κ1) is 15.7. The van der Waals surface area contributed by atoms with Gasteiger partial charge in [-0.2, -0.15) is 13.2 Å². The van der Waals surface area contributed by atoms with Gasteiger partial charge in [-0.1, -0.05) is 23.2 Å². The van der Waals surface area contributed by atoms with Gasteiger partial charge in [0.25, 0.3) is 0 Å². The Kier molecular flexibility index (Phi) is 5.40. The Bertz CT molecular complexity index is 426. The summed E-state index contributed by atoms with van der Waals surface area (Å²) in [6, 6.07) is 1.89. The zero-order chi connectivity index (χ0) is 13.9. The molecule has 102 valence electrons. The van der Waals surface area contributed by atoms with Crippen molar-refractivity contribution in [1.29, 1.82) is 0 Å². The van der Waals surface area contributed by atoms with Gasteiger partial charge in [-0.05, 0) is 12.1 Å². The van der Waals surface area contributed by atoms with Crippen LogP contribution in [0.15, 0.2) is 12.1 Å². The monoisotopic (exact) mass is 321 g/mol. The Labute approximate surface area is 117 Å². The average molecular weight is 323 g/mol. The van der Waals surface area contributed by atoms with E-state index in [9.17, 15) is 18.3 Å². The van der Waals surface area contributed by atoms with E-state index >= 15 is 0 Å². The Morgan fingerprint density at radius 3 is 2.39 bits per heavy atom. The van der Waals surface area contributed by atoms with Crippen molar-refractivity contribution < 1.29 is 18.3 Å². The molecule has 0 aliphatic rings. The summed E-state index contributed by atoms with van der Waals surface area (Å²) >= 11 is 16.8. The molecule has 0 spiro atoms. The van der Waals surface area contributed by atoms with Crippen LogP contribution in [0.1, 0.15) is 5.56 Å². The summed E-state index contributed by atoms with van der Waals surface area (Å²) in [5, 5.41) is 11.3. The molecule has 1 aromatic rings. The number of nitrogens with one attached hydrogen (secondary N) is 1. The van der Waals surface area contributed by atoms with Gasteiger partial charge >= 0.3 is 6.18 Å². The van der Waals surface area contributed by atoms with Gasteiger partial charge in [0, 0.05) is 6.54 Å². The summed E-state index contributed by atoms with van der Waals surface area (Å²) in [5.41, 5.74) is -1.06. The van der Waals surface area contributed by atoms with E-state index in [0.717, 1.165) is 12.1 Å². The third-order valence-corrected chi connectivity index (χ3v) is 3.15. The molecule has 0 bridgehead atoms. The Balaban J connectivity index is 3.04. The fraction of sp³-hybridized carbons (Fsp3) is 0.400. The molecule has 0 saturated carbocycles. The van der Waals surface area contributed by atoms with E-state index in [1.54, 1.807) is 0 Å². The highest BCUT2D eigenvalue weighted by molar-refractivity contribution is 6.39. The first-order chi connectivity index (χ1) is 8.27. The maximum atomic E-state index is 12.6. The number of alkyl halides is 4. The second kappa shape index (κ2) is 6.19. The number of hydrogen-bond donors (Lipinski definition) is 2. The van der Waals surface area contributed by atoms with Crippen LogP contribution in [0.25, 0.3) is 0 Å². The molecule has 8 heteroatoms. The van der Waals surface area contributed by atoms with Crippen molar-refractivity contribution in [2.75, 3.05) is 17.7 Å². The average Bonchev–Trinajstić information content (AvgIpc) is 2.26. The lowest BCUT2D eigenvalue weighted by molar-refractivity contribution is -0.137. The Morgan fingerprint density at radius 2 is 1.89 bits per heavy atom. The third-order valence-electron chi connectivity index (χ3n) is 2.09. The molecule has 18 heavy (non-hydrogen) atoms. The molecule has 0 heterocycles. The third kappa shape index (κ3) is 3.82. The van der Waals surface area contributed by atoms with Crippen LogP contribution < -0.4 is 5.32 Å². The summed E-state index contributed by atoms with van der Waals surface area (Å²) in [4.78, 5) is 0. The molecule has 1 rings (SSSR count). The minimum Gasteiger partial charge on any atom is -0.390 e. The van der Waals surface area contributed by atoms with Crippen molar-refractivity contribution in [3.63, 3.8) is 0 Å². The van der Waals surface area contributed by atoms with Crippen LogP contribution in [0.2, 0.25) is 10.0 Å². The number of hydrogen-bond acceptors (Lipinski definition) is 2. The minimum atomic E-state index is -4.57. The van der Waals surface area contributed by atoms with Crippen LogP contribution in [-0.2, 0) is 6.18 Å². The van der Waals surface area contributed by atoms with Gasteiger partial charge in [-0.25, -0.2) is 0 Å². The molecule has 0 radical (unpaired) electrons. The number of halogens is 6. The van der Waals surface area contributed by atoms with E-state index in [2.05, 4.69) is 5.32 Å². The fourth-order valence-electron chi connectivity index (χ4n) is 1.21. The predicted octanol–water partition coefficient (Wildman–Crippen LogP) is 4.02. The molecule has 1 unspecified atom stereocenters. The highest BCUT2D eigenvalue weighted by atomic mass is 35.5. The largest absolute Gasteiger partial charge is 0.417 e. The molecule has 0 amide bonds. The van der Waals surface area contributed by atoms with Crippen LogP contribution in [0.5, 0.6) is 0 Å². The number of benzene rings is 1. The van der Waals surface area contributed by atoms with Gasteiger partial charge in [-0.3, -0.25) is 0 Å². The summed E-state index contributed by atoms with van der Waals surface area (Å²) < 4.78 is 37.8. The van der Waals surface area contributed by atoms with E-state index in [-0.39, 0.29) is 23.1 Å². The molecule has 1 atom stereocenters. The number of aliphatic hydroxyl groups is 1. The van der Waals surface area contributed by atoms with Gasteiger partial charge in [0.1, 0.15) is 0 Å². The molecule has 1 aromatic carbocycles. The topological polar surface area (TPSA) is 32.3 Å². The number of aliphatic hydroxyl groups excluding tert-OH is 1. The first-order valence-corrected chi connectivity index (χ1v) is 6.09. The smallest absolute Gasteiger partial charge is 0.390 e. The minimum absolute atomic E-state index is 0.0368. The molecule has 0 aromatic heterocycles. The van der Waals surface area contributed by atoms with Crippen molar-refractivity contribution in [1.82, 2.24) is 0 Å². The quantitative estimate of drug-likeness (QED) is 0.821. The number of rotatable bonds is 4. The summed E-state index contributed by atoms with van der Waals surface area (Å²) in [7, 11) is 0. The van der Waals surface area contributed by atoms with Gasteiger partial charge in [0.15, 0.2) is 0 Å². The molecule has 0 fully saturated rings. The standard InChI is InChI=1S/C10H9Cl3F3NO/c11-3-5(18)4-17-9-7(12)2-1-6(8(9)13)10(14,15)16/h1-2,5,17-18H,3-4H2. The maximum absolute atomic E-state index is 12.6. The van der Waals surface area contributed by atoms with Gasteiger partial charge in [0.05, 0.1) is 33.3 Å². The second-order valence-electron chi connectivity index (χ2n) is 3.47. The van der Waals surface area contributed by atoms with E-state index in [0.29, 0.717) is 0 Å². The van der Waals surface area contributed by atoms with Crippen LogP contribution in [-0.4, -0.2) is 23.6 Å². The lowest BCUT2D eigenvalue weighted by Gasteiger charge is -2.16. The second-order valence-corrected chi connectivity index (χ2v) is 4.56. The number of anilines is 1. The van der Waals surface area contributed by atoms with Crippen molar-refractivity contribution >= 4 is 40.5 Å². The SMILES string of the molecule is OC(CCl)CNc1c(Cl)ccc(C(F)(F)F)c1Cl. The maximum Gasteiger partial charge on any atom is 0.417 e. The van der Waals surface area contributed by atoms with Gasteiger partial charge in [0.2, 0.25) is 0 Å². The molecule has 0 saturated heterocycles. The van der Waals surface area contributed by atoms with E-state index in [1.165, 1.54) is 0 Å². The molecule has 2 N–H and O–H groups in total. The van der Waals surface area contributed by atoms with Crippen LogP contribution in [0, 0.1) is 0 Å². The van der Waals surface area contributed by atoms with Crippen LogP contribution in [0.4, 0.5) is 18.9 Å². The zero-order valence-corrected chi connectivity index (χ0v) is 11.1. The molecule has 0 aliphatic carbocycles. The lowest BCUT2D eigenvalue weighted by Crippen LogP contribution is -2.21. The predicted molar refractivity (Wildman–Crippen MR) is 66.7 cm³/mol. The van der Waals surface area contributed by atoms with Crippen molar-refractivity contribution in [3.8, 4) is 0 Å². The first-order valence-electron chi connectivity index (χ1n) is 4.80. The molecular formula is C10H9Cl3F3NO. The highest BCUT2D eigenvalue weighted by Gasteiger charge is 2.34. The Morgan fingerprint density at radius 1 is 1.28 bits per heavy atom. The lowest BCUT2D eigenvalue weighted by atomic mass is 10.2. The van der Waals surface area contributed by atoms with Crippen molar-refractivity contribution in [2.24, 2.45) is 0 Å². The van der Waals surface area contributed by atoms with Crippen molar-refractivity contribution in [2.45, 2.75) is 12.3 Å². The van der Waals surface area contributed by atoms with Gasteiger partial charge < -0.3 is 10.4 Å². The zero-order valence-electron chi connectivity index (χ0n) is 8.86. The van der Waals surface area contributed by atoms with Crippen molar-refractivity contribution in [3.05, 3.63) is 27.7 Å². The van der Waals surface area contributed by atoms with Crippen LogP contribution >= 0.6 is 34.8 Å². The van der Waals surface area contributed by atoms with Crippen LogP contribution in [0.3, 0.4) is 0 Å². The normalized spacial score (nSPS) is 13.5. The Hall–Kier alpha value is -0.360. The van der Waals surface area contributed by atoms with Gasteiger partial charge in [-0.15, -0.1) is 11.6 Å². The summed E-state index contributed by atoms with van der Waals surface area (Å²) in [6.07, 6.45) is -5.48. The molecule has 2 nitrogen and oxygen atoms in total. The summed E-state index contributed by atoms with van der Waals surface area (Å²) in [5.74, 6) is -0.0544. The summed E-state index contributed by atoms with van der Waals surface area (Å²) in [6.45, 7) is -0.0513. The van der Waals surface area contributed by atoms with E-state index in [4.69, 9.17) is 34.8 Å². The van der Waals surface area contributed by atoms with E-state index in [1.807, 2.05) is 0 Å². The highest BCUT2D eigenvalue weighted by Crippen LogP contribution is 2.41. The fourth-order valence-corrected chi connectivity index (χ4v) is 1.93.